The van der Waals surface area contributed by atoms with Gasteiger partial charge in [-0.1, -0.05) is 102 Å². The summed E-state index contributed by atoms with van der Waals surface area (Å²) < 4.78 is 13.1. The van der Waals surface area contributed by atoms with Crippen LogP contribution < -0.4 is 21.4 Å². The fourth-order valence-corrected chi connectivity index (χ4v) is 6.17. The van der Waals surface area contributed by atoms with Crippen LogP contribution in [0, 0.1) is 17.8 Å². The van der Waals surface area contributed by atoms with Gasteiger partial charge in [-0.2, -0.15) is 0 Å². The highest BCUT2D eigenvalue weighted by Gasteiger charge is 2.35. The van der Waals surface area contributed by atoms with Gasteiger partial charge in [0.15, 0.2) is 0 Å². The van der Waals surface area contributed by atoms with Gasteiger partial charge in [-0.3, -0.25) is 24.6 Å². The zero-order valence-corrected chi connectivity index (χ0v) is 34.5. The van der Waals surface area contributed by atoms with Crippen molar-refractivity contribution < 1.29 is 33.4 Å². The molecule has 0 spiro atoms. The maximum Gasteiger partial charge on any atom is 0.408 e. The molecule has 318 valence electrons. The Balaban J connectivity index is 1.60. The number of ether oxygens (including phenoxy) is 2. The van der Waals surface area contributed by atoms with E-state index < -0.39 is 48.1 Å². The summed E-state index contributed by atoms with van der Waals surface area (Å²) >= 11 is 0. The highest BCUT2D eigenvalue weighted by Crippen LogP contribution is 2.15. The molecule has 0 fully saturated rings. The van der Waals surface area contributed by atoms with Crippen LogP contribution in [0.5, 0.6) is 0 Å². The number of rotatable bonds is 23. The van der Waals surface area contributed by atoms with Crippen molar-refractivity contribution in [1.29, 1.82) is 0 Å². The minimum absolute atomic E-state index is 0.0174. The second-order valence-corrected chi connectivity index (χ2v) is 15.4. The van der Waals surface area contributed by atoms with E-state index in [0.29, 0.717) is 12.2 Å². The molecule has 2 unspecified atom stereocenters. The third-order valence-corrected chi connectivity index (χ3v) is 9.16. The number of nitrogens with one attached hydrogen (secondary N) is 5. The predicted molar refractivity (Wildman–Crippen MR) is 216 cm³/mol. The summed E-state index contributed by atoms with van der Waals surface area (Å²) in [5.74, 6) is -2.57. The van der Waals surface area contributed by atoms with Crippen molar-refractivity contribution >= 4 is 29.8 Å². The third-order valence-electron chi connectivity index (χ3n) is 9.16. The summed E-state index contributed by atoms with van der Waals surface area (Å²) in [6.45, 7) is 11.7. The lowest BCUT2D eigenvalue weighted by molar-refractivity contribution is -0.153. The van der Waals surface area contributed by atoms with Gasteiger partial charge in [-0.25, -0.2) is 19.5 Å². The van der Waals surface area contributed by atoms with E-state index in [1.165, 1.54) is 23.5 Å². The van der Waals surface area contributed by atoms with E-state index in [1.807, 2.05) is 88.4 Å². The first kappa shape index (κ1) is 45.5. The van der Waals surface area contributed by atoms with Gasteiger partial charge < -0.3 is 30.4 Å². The van der Waals surface area contributed by atoms with Crippen molar-refractivity contribution in [2.75, 3.05) is 13.1 Å². The molecule has 2 aromatic carbocycles. The van der Waals surface area contributed by atoms with Crippen LogP contribution in [-0.4, -0.2) is 102 Å². The molecule has 2 heterocycles. The summed E-state index contributed by atoms with van der Waals surface area (Å²) in [5.41, 5.74) is 5.12. The van der Waals surface area contributed by atoms with Crippen LogP contribution in [0.4, 0.5) is 4.79 Å². The molecular formula is C41H57N11O7. The number of esters is 1. The second kappa shape index (κ2) is 23.3. The number of benzene rings is 2. The number of aryl methyl sites for hydroxylation is 1. The normalized spacial score (nSPS) is 13.4. The zero-order chi connectivity index (χ0) is 42.7. The summed E-state index contributed by atoms with van der Waals surface area (Å²) in [6, 6.07) is 15.8. The second-order valence-electron chi connectivity index (χ2n) is 15.4. The number of amides is 4. The van der Waals surface area contributed by atoms with Crippen LogP contribution in [0.3, 0.4) is 0 Å². The number of carbonyl (C=O) groups is 5. The van der Waals surface area contributed by atoms with Crippen LogP contribution in [0.2, 0.25) is 0 Å². The van der Waals surface area contributed by atoms with Gasteiger partial charge in [0.05, 0.1) is 31.9 Å². The summed E-state index contributed by atoms with van der Waals surface area (Å²) in [7, 11) is 0. The number of aromatic nitrogens is 6. The summed E-state index contributed by atoms with van der Waals surface area (Å²) in [6.07, 6.45) is 2.72. The molecular weight excluding hydrogens is 759 g/mol. The van der Waals surface area contributed by atoms with Crippen molar-refractivity contribution in [3.63, 3.8) is 0 Å². The number of H-pyrrole nitrogens is 1. The van der Waals surface area contributed by atoms with Crippen LogP contribution in [-0.2, 0) is 54.6 Å². The van der Waals surface area contributed by atoms with E-state index in [1.54, 1.807) is 18.9 Å². The van der Waals surface area contributed by atoms with E-state index in [4.69, 9.17) is 9.47 Å². The Morgan fingerprint density at radius 1 is 0.814 bits per heavy atom. The largest absolute Gasteiger partial charge is 0.458 e. The third kappa shape index (κ3) is 15.9. The zero-order valence-electron chi connectivity index (χ0n) is 34.5. The Bertz CT molecular complexity index is 1880. The number of carbonyl (C=O) groups excluding carboxylic acids is 5. The van der Waals surface area contributed by atoms with E-state index in [9.17, 15) is 24.0 Å². The quantitative estimate of drug-likeness (QED) is 0.0538. The number of hydrogen-bond acceptors (Lipinski definition) is 12. The van der Waals surface area contributed by atoms with Gasteiger partial charge >= 0.3 is 12.1 Å². The first-order valence-corrected chi connectivity index (χ1v) is 19.8. The number of nitrogens with zero attached hydrogens (tertiary/aromatic N) is 6. The lowest BCUT2D eigenvalue weighted by Gasteiger charge is -2.35. The standard InChI is InChI=1S/C41H57N11O7/c1-27(2)22-52(48-40(56)38(29(5)6)46-35(53)17-18-51-26-44-49-50-51)23-34(59-36(54)20-32-21-42-25-43-32)33(19-30-13-9-7-10-14-30)45-39(55)37(28(3)4)47-41(57)58-24-31-15-11-8-12-16-31/h7-16,21,25-29,33-34,37-38H,17-20,22-24H2,1-6H3,(H,42,43)(H,45,55)(H,46,53)(H,47,57)(H,48,56)/t33?,34?,37-,38-/m0/s1. The average molecular weight is 816 g/mol. The molecule has 59 heavy (non-hydrogen) atoms. The van der Waals surface area contributed by atoms with E-state index >= 15 is 0 Å². The topological polar surface area (TPSA) is 227 Å². The lowest BCUT2D eigenvalue weighted by Crippen LogP contribution is -2.60. The molecule has 0 bridgehead atoms. The molecule has 0 aliphatic carbocycles. The highest BCUT2D eigenvalue weighted by molar-refractivity contribution is 5.88. The molecule has 18 nitrogen and oxygen atoms in total. The van der Waals surface area contributed by atoms with Crippen molar-refractivity contribution in [3.8, 4) is 0 Å². The van der Waals surface area contributed by atoms with Crippen LogP contribution in [0.15, 0.2) is 79.5 Å². The van der Waals surface area contributed by atoms with Crippen molar-refractivity contribution in [2.45, 2.75) is 98.2 Å². The van der Waals surface area contributed by atoms with Gasteiger partial charge in [0.25, 0.3) is 5.91 Å². The van der Waals surface area contributed by atoms with Crippen LogP contribution in [0.1, 0.15) is 64.8 Å². The minimum atomic E-state index is -1.03. The number of alkyl carbamates (subject to hydrolysis) is 1. The van der Waals surface area contributed by atoms with Crippen molar-refractivity contribution in [3.05, 3.63) is 96.3 Å². The number of imidazole rings is 1. The molecule has 0 aliphatic heterocycles. The molecule has 0 radical (unpaired) electrons. The first-order valence-electron chi connectivity index (χ1n) is 19.8. The van der Waals surface area contributed by atoms with E-state index in [-0.39, 0.29) is 62.6 Å². The minimum Gasteiger partial charge on any atom is -0.458 e. The number of aromatic amines is 1. The fourth-order valence-electron chi connectivity index (χ4n) is 6.17. The number of hydrazine groups is 1. The number of hydrogen-bond donors (Lipinski definition) is 5. The molecule has 0 saturated heterocycles. The molecule has 4 amide bonds. The monoisotopic (exact) mass is 815 g/mol. The molecule has 4 atom stereocenters. The van der Waals surface area contributed by atoms with Crippen LogP contribution in [0.25, 0.3) is 0 Å². The Morgan fingerprint density at radius 3 is 2.07 bits per heavy atom. The highest BCUT2D eigenvalue weighted by atomic mass is 16.6. The molecule has 4 rings (SSSR count). The van der Waals surface area contributed by atoms with Crippen molar-refractivity contribution in [1.82, 2.24) is 56.6 Å². The first-order chi connectivity index (χ1) is 28.3. The Labute approximate surface area is 344 Å². The van der Waals surface area contributed by atoms with E-state index in [2.05, 4.69) is 46.9 Å². The van der Waals surface area contributed by atoms with Gasteiger partial charge in [-0.15, -0.1) is 5.10 Å². The molecule has 2 aromatic heterocycles. The predicted octanol–water partition coefficient (Wildman–Crippen LogP) is 2.75. The molecule has 5 N–H and O–H groups in total. The average Bonchev–Trinajstić information content (AvgIpc) is 3.92. The molecule has 4 aromatic rings. The molecule has 0 saturated carbocycles. The summed E-state index contributed by atoms with van der Waals surface area (Å²) in [4.78, 5) is 74.6. The van der Waals surface area contributed by atoms with Crippen LogP contribution >= 0.6 is 0 Å². The maximum absolute atomic E-state index is 14.2. The van der Waals surface area contributed by atoms with Crippen molar-refractivity contribution in [2.24, 2.45) is 17.8 Å². The summed E-state index contributed by atoms with van der Waals surface area (Å²) in [5, 5.41) is 21.2. The van der Waals surface area contributed by atoms with E-state index in [0.717, 1.165) is 11.1 Å². The van der Waals surface area contributed by atoms with Gasteiger partial charge in [-0.05, 0) is 45.7 Å². The SMILES string of the molecule is CC(C)CN(CC(OC(=O)Cc1cnc[nH]1)C(Cc1ccccc1)NC(=O)[C@@H](NC(=O)OCc1ccccc1)C(C)C)NC(=O)[C@@H](NC(=O)CCn1cnnn1)C(C)C. The number of tetrazole rings is 1. The lowest BCUT2D eigenvalue weighted by atomic mass is 9.98. The van der Waals surface area contributed by atoms with Gasteiger partial charge in [0, 0.05) is 24.9 Å². The Kier molecular flexibility index (Phi) is 18.0. The van der Waals surface area contributed by atoms with Gasteiger partial charge in [0.2, 0.25) is 11.8 Å². The Morgan fingerprint density at radius 2 is 1.47 bits per heavy atom. The fraction of sp³-hybridized carbons (Fsp3) is 0.488. The molecule has 0 aliphatic rings. The smallest absolute Gasteiger partial charge is 0.408 e. The van der Waals surface area contributed by atoms with Gasteiger partial charge in [0.1, 0.15) is 31.1 Å². The Hall–Kier alpha value is -6.17. The maximum atomic E-state index is 14.2. The molecule has 18 heteroatoms.